The molecule has 1 aliphatic heterocycles. The second-order valence-electron chi connectivity index (χ2n) is 11.3. The Bertz CT molecular complexity index is 1130. The summed E-state index contributed by atoms with van der Waals surface area (Å²) in [5.41, 5.74) is -2.56. The van der Waals surface area contributed by atoms with E-state index >= 15 is 0 Å². The van der Waals surface area contributed by atoms with Crippen molar-refractivity contribution in [2.45, 2.75) is 65.3 Å². The van der Waals surface area contributed by atoms with Gasteiger partial charge in [-0.3, -0.25) is 19.4 Å². The first-order valence-electron chi connectivity index (χ1n) is 11.4. The van der Waals surface area contributed by atoms with E-state index < -0.39 is 46.9 Å². The van der Waals surface area contributed by atoms with E-state index in [1.54, 1.807) is 0 Å². The summed E-state index contributed by atoms with van der Waals surface area (Å²) < 4.78 is 38.9. The number of carbonyl (C=O) groups is 3. The van der Waals surface area contributed by atoms with E-state index in [1.807, 2.05) is 25.2 Å². The van der Waals surface area contributed by atoms with Crippen LogP contribution in [0.15, 0.2) is 18.5 Å². The standard InChI is InChI=1S/C24H29ClF3N5O3/c1-21(2,3)17(31-20(36)24(26,27)28)19(35)33-10-14-15(22(14,4)5)16(33)18(34)32-23(6,11-29)12-7-13(25)9-30-8-12/h7-9,14-17H,10H2,1-6H3,(H,31,36)(H,32,34)/t14-,15-,16-,17+,23?/m0/s1. The van der Waals surface area contributed by atoms with E-state index in [1.165, 1.54) is 51.1 Å². The van der Waals surface area contributed by atoms with Gasteiger partial charge >= 0.3 is 12.1 Å². The molecular formula is C24H29ClF3N5O3. The third-order valence-corrected chi connectivity index (χ3v) is 7.49. The van der Waals surface area contributed by atoms with E-state index in [4.69, 9.17) is 11.6 Å². The highest BCUT2D eigenvalue weighted by Crippen LogP contribution is 2.65. The van der Waals surface area contributed by atoms with Gasteiger partial charge in [0.2, 0.25) is 11.8 Å². The number of nitrogens with zero attached hydrogens (tertiary/aromatic N) is 3. The van der Waals surface area contributed by atoms with Crippen LogP contribution in [0.3, 0.4) is 0 Å². The van der Waals surface area contributed by atoms with Crippen LogP contribution in [0.1, 0.15) is 47.1 Å². The first-order valence-corrected chi connectivity index (χ1v) is 11.7. The van der Waals surface area contributed by atoms with Gasteiger partial charge in [0.05, 0.1) is 11.1 Å². The van der Waals surface area contributed by atoms with Crippen molar-refractivity contribution in [3.05, 3.63) is 29.0 Å². The first-order chi connectivity index (χ1) is 16.3. The molecule has 12 heteroatoms. The van der Waals surface area contributed by atoms with E-state index in [2.05, 4.69) is 10.3 Å². The lowest BCUT2D eigenvalue weighted by Crippen LogP contribution is -2.61. The number of halogens is 4. The molecule has 2 aliphatic rings. The summed E-state index contributed by atoms with van der Waals surface area (Å²) in [6.07, 6.45) is -2.41. The number of aromatic nitrogens is 1. The molecule has 1 aromatic heterocycles. The second-order valence-corrected chi connectivity index (χ2v) is 11.7. The Morgan fingerprint density at radius 1 is 1.22 bits per heavy atom. The fraction of sp³-hybridized carbons (Fsp3) is 0.625. The molecule has 1 aliphatic carbocycles. The molecular weight excluding hydrogens is 499 g/mol. The predicted molar refractivity (Wildman–Crippen MR) is 124 cm³/mol. The number of likely N-dealkylation sites (tertiary alicyclic amines) is 1. The number of fused-ring (bicyclic) bond motifs is 1. The Hall–Kier alpha value is -2.87. The molecule has 0 radical (unpaired) electrons. The fourth-order valence-corrected chi connectivity index (χ4v) is 5.18. The molecule has 2 heterocycles. The summed E-state index contributed by atoms with van der Waals surface area (Å²) in [5, 5.41) is 14.6. The van der Waals surface area contributed by atoms with Crippen molar-refractivity contribution in [1.82, 2.24) is 20.5 Å². The van der Waals surface area contributed by atoms with Crippen molar-refractivity contribution in [3.8, 4) is 6.07 Å². The lowest BCUT2D eigenvalue weighted by molar-refractivity contribution is -0.176. The van der Waals surface area contributed by atoms with Crippen LogP contribution in [0.2, 0.25) is 5.02 Å². The molecule has 1 saturated heterocycles. The Morgan fingerprint density at radius 2 is 1.83 bits per heavy atom. The third kappa shape index (κ3) is 5.01. The van der Waals surface area contributed by atoms with Gasteiger partial charge in [0, 0.05) is 24.5 Å². The van der Waals surface area contributed by atoms with Crippen molar-refractivity contribution >= 4 is 29.3 Å². The molecule has 1 aromatic rings. The molecule has 0 spiro atoms. The summed E-state index contributed by atoms with van der Waals surface area (Å²) in [6.45, 7) is 10.1. The Kier molecular flexibility index (Phi) is 6.86. The molecule has 5 atom stereocenters. The number of piperidine rings is 1. The molecule has 196 valence electrons. The lowest BCUT2D eigenvalue weighted by atomic mass is 9.85. The van der Waals surface area contributed by atoms with Crippen molar-refractivity contribution in [1.29, 1.82) is 5.26 Å². The molecule has 1 saturated carbocycles. The van der Waals surface area contributed by atoms with Gasteiger partial charge in [-0.15, -0.1) is 0 Å². The Labute approximate surface area is 212 Å². The lowest BCUT2D eigenvalue weighted by Gasteiger charge is -2.38. The molecule has 3 rings (SSSR count). The normalized spacial score (nSPS) is 25.1. The summed E-state index contributed by atoms with van der Waals surface area (Å²) in [4.78, 5) is 44.1. The molecule has 1 unspecified atom stereocenters. The number of hydrogen-bond donors (Lipinski definition) is 2. The maximum Gasteiger partial charge on any atom is 0.471 e. The Morgan fingerprint density at radius 3 is 2.33 bits per heavy atom. The zero-order valence-corrected chi connectivity index (χ0v) is 21.6. The minimum absolute atomic E-state index is 0.0580. The van der Waals surface area contributed by atoms with Gasteiger partial charge in [0.1, 0.15) is 12.1 Å². The van der Waals surface area contributed by atoms with Crippen LogP contribution in [-0.2, 0) is 19.9 Å². The first kappa shape index (κ1) is 27.7. The average molecular weight is 528 g/mol. The minimum atomic E-state index is -5.17. The fourth-order valence-electron chi connectivity index (χ4n) is 5.01. The van der Waals surface area contributed by atoms with Gasteiger partial charge in [-0.1, -0.05) is 46.2 Å². The molecule has 8 nitrogen and oxygen atoms in total. The number of hydrogen-bond acceptors (Lipinski definition) is 5. The largest absolute Gasteiger partial charge is 0.471 e. The number of pyridine rings is 1. The molecule has 0 bridgehead atoms. The predicted octanol–water partition coefficient (Wildman–Crippen LogP) is 3.17. The summed E-state index contributed by atoms with van der Waals surface area (Å²) in [7, 11) is 0. The van der Waals surface area contributed by atoms with Crippen LogP contribution < -0.4 is 10.6 Å². The monoisotopic (exact) mass is 527 g/mol. The number of nitriles is 1. The molecule has 36 heavy (non-hydrogen) atoms. The van der Waals surface area contributed by atoms with Gasteiger partial charge in [-0.25, -0.2) is 0 Å². The molecule has 2 N–H and O–H groups in total. The second kappa shape index (κ2) is 8.91. The van der Waals surface area contributed by atoms with Crippen LogP contribution in [0.5, 0.6) is 0 Å². The molecule has 3 amide bonds. The van der Waals surface area contributed by atoms with Gasteiger partial charge < -0.3 is 15.5 Å². The van der Waals surface area contributed by atoms with E-state index in [0.29, 0.717) is 5.56 Å². The van der Waals surface area contributed by atoms with Crippen LogP contribution in [0.4, 0.5) is 13.2 Å². The zero-order chi connectivity index (χ0) is 27.4. The van der Waals surface area contributed by atoms with E-state index in [9.17, 15) is 32.8 Å². The molecule has 2 fully saturated rings. The minimum Gasteiger partial charge on any atom is -0.336 e. The smallest absolute Gasteiger partial charge is 0.336 e. The quantitative estimate of drug-likeness (QED) is 0.610. The number of carbonyl (C=O) groups excluding carboxylic acids is 3. The van der Waals surface area contributed by atoms with Crippen molar-refractivity contribution in [2.75, 3.05) is 6.54 Å². The Balaban J connectivity index is 1.93. The van der Waals surface area contributed by atoms with Crippen LogP contribution in [0, 0.1) is 34.0 Å². The van der Waals surface area contributed by atoms with Gasteiger partial charge in [0.25, 0.3) is 0 Å². The maximum atomic E-state index is 13.6. The number of amides is 3. The number of alkyl halides is 3. The maximum absolute atomic E-state index is 13.6. The van der Waals surface area contributed by atoms with E-state index in [-0.39, 0.29) is 28.8 Å². The highest BCUT2D eigenvalue weighted by atomic mass is 35.5. The van der Waals surface area contributed by atoms with Crippen LogP contribution in [-0.4, -0.2) is 52.4 Å². The van der Waals surface area contributed by atoms with Crippen LogP contribution >= 0.6 is 11.6 Å². The van der Waals surface area contributed by atoms with Gasteiger partial charge in [-0.2, -0.15) is 18.4 Å². The number of nitrogens with one attached hydrogen (secondary N) is 2. The van der Waals surface area contributed by atoms with Crippen LogP contribution in [0.25, 0.3) is 0 Å². The third-order valence-electron chi connectivity index (χ3n) is 7.29. The van der Waals surface area contributed by atoms with Crippen molar-refractivity contribution in [2.24, 2.45) is 22.7 Å². The number of rotatable bonds is 5. The van der Waals surface area contributed by atoms with Crippen molar-refractivity contribution in [3.63, 3.8) is 0 Å². The summed E-state index contributed by atoms with van der Waals surface area (Å²) in [5.74, 6) is -3.96. The summed E-state index contributed by atoms with van der Waals surface area (Å²) >= 11 is 6.00. The van der Waals surface area contributed by atoms with Gasteiger partial charge in [0.15, 0.2) is 5.54 Å². The van der Waals surface area contributed by atoms with E-state index in [0.717, 1.165) is 0 Å². The topological polar surface area (TPSA) is 115 Å². The zero-order valence-electron chi connectivity index (χ0n) is 20.8. The highest BCUT2D eigenvalue weighted by Gasteiger charge is 2.70. The summed E-state index contributed by atoms with van der Waals surface area (Å²) in [6, 6.07) is 0.968. The highest BCUT2D eigenvalue weighted by molar-refractivity contribution is 6.30. The SMILES string of the molecule is CC(C#N)(NC(=O)[C@@H]1[C@@H]2[C@H](CN1C(=O)[C@@H](NC(=O)C(F)(F)F)C(C)(C)C)C2(C)C)c1cncc(Cl)c1. The molecule has 0 aromatic carbocycles. The van der Waals surface area contributed by atoms with Crippen molar-refractivity contribution < 1.29 is 27.6 Å². The van der Waals surface area contributed by atoms with Gasteiger partial charge in [-0.05, 0) is 35.7 Å². The average Bonchev–Trinajstić information content (AvgIpc) is 3.09.